The average Bonchev–Trinajstić information content (AvgIpc) is 2.21. The van der Waals surface area contributed by atoms with Crippen molar-refractivity contribution in [3.8, 4) is 0 Å². The highest BCUT2D eigenvalue weighted by Crippen LogP contribution is 2.03. The lowest BCUT2D eigenvalue weighted by molar-refractivity contribution is 0.566. The van der Waals surface area contributed by atoms with Crippen LogP contribution in [-0.4, -0.2) is 4.57 Å². The predicted molar refractivity (Wildman–Crippen MR) is 74.5 cm³/mol. The highest BCUT2D eigenvalue weighted by atomic mass is 127. The van der Waals surface area contributed by atoms with Crippen LogP contribution in [0.2, 0.25) is 0 Å². The number of aromatic nitrogens is 1. The molecule has 0 unspecified atom stereocenters. The summed E-state index contributed by atoms with van der Waals surface area (Å²) in [5, 5.41) is 7.94. The molecule has 0 atom stereocenters. The van der Waals surface area contributed by atoms with E-state index in [9.17, 15) is 0 Å². The van der Waals surface area contributed by atoms with Crippen LogP contribution in [0.15, 0.2) is 24.5 Å². The maximum absolute atomic E-state index is 7.35. The average molecular weight is 320 g/mol. The highest BCUT2D eigenvalue weighted by Gasteiger charge is 1.90. The van der Waals surface area contributed by atoms with Crippen molar-refractivity contribution in [1.82, 2.24) is 4.57 Å². The van der Waals surface area contributed by atoms with E-state index < -0.39 is 0 Å². The number of unbranched alkanes of at least 4 members (excludes halogenated alkanes) is 4. The molecule has 0 aliphatic rings. The third kappa shape index (κ3) is 6.71. The van der Waals surface area contributed by atoms with Crippen molar-refractivity contribution in [2.45, 2.75) is 45.6 Å². The van der Waals surface area contributed by atoms with Crippen LogP contribution in [0.4, 0.5) is 0 Å². The number of pyridine rings is 1. The number of nitrogens with zero attached hydrogens (tertiary/aromatic N) is 1. The Kier molecular flexibility index (Phi) is 8.76. The molecule has 0 saturated heterocycles. The van der Waals surface area contributed by atoms with Crippen molar-refractivity contribution >= 4 is 24.0 Å². The van der Waals surface area contributed by atoms with Gasteiger partial charge < -0.3 is 9.98 Å². The number of hydrogen-bond acceptors (Lipinski definition) is 1. The molecule has 0 aliphatic carbocycles. The van der Waals surface area contributed by atoms with Gasteiger partial charge in [0.2, 0.25) is 0 Å². The Morgan fingerprint density at radius 1 is 1.07 bits per heavy atom. The van der Waals surface area contributed by atoms with Gasteiger partial charge >= 0.3 is 0 Å². The van der Waals surface area contributed by atoms with Crippen molar-refractivity contribution in [3.05, 3.63) is 29.9 Å². The fourth-order valence-corrected chi connectivity index (χ4v) is 1.50. The Morgan fingerprint density at radius 3 is 2.27 bits per heavy atom. The van der Waals surface area contributed by atoms with E-state index in [1.807, 2.05) is 24.5 Å². The van der Waals surface area contributed by atoms with Crippen LogP contribution in [0.25, 0.3) is 0 Å². The summed E-state index contributed by atoms with van der Waals surface area (Å²) in [6.45, 7) is 3.33. The van der Waals surface area contributed by atoms with Crippen LogP contribution in [0, 0.1) is 5.41 Å². The fraction of sp³-hybridized carbons (Fsp3) is 0.583. The Bertz CT molecular complexity index is 286. The van der Waals surface area contributed by atoms with E-state index in [-0.39, 0.29) is 24.0 Å². The maximum Gasteiger partial charge on any atom is 0.0568 e. The first-order valence-electron chi connectivity index (χ1n) is 5.53. The van der Waals surface area contributed by atoms with Crippen LogP contribution < -0.4 is 5.36 Å². The maximum atomic E-state index is 7.35. The Morgan fingerprint density at radius 2 is 1.67 bits per heavy atom. The van der Waals surface area contributed by atoms with Crippen molar-refractivity contribution in [3.63, 3.8) is 0 Å². The summed E-state index contributed by atoms with van der Waals surface area (Å²) < 4.78 is 2.16. The van der Waals surface area contributed by atoms with Gasteiger partial charge in [-0.05, 0) is 18.6 Å². The Labute approximate surface area is 109 Å². The fourth-order valence-electron chi connectivity index (χ4n) is 1.50. The molecule has 0 amide bonds. The zero-order chi connectivity index (χ0) is 10.2. The SMILES string of the molecule is CCCCCCCn1ccc(=N)cc1.I. The van der Waals surface area contributed by atoms with Gasteiger partial charge in [0.15, 0.2) is 0 Å². The Balaban J connectivity index is 0.00000196. The molecular weight excluding hydrogens is 299 g/mol. The zero-order valence-electron chi connectivity index (χ0n) is 9.41. The highest BCUT2D eigenvalue weighted by molar-refractivity contribution is 14.0. The predicted octanol–water partition coefficient (Wildman–Crippen LogP) is 3.56. The summed E-state index contributed by atoms with van der Waals surface area (Å²) in [4.78, 5) is 0. The number of hydrogen-bond donors (Lipinski definition) is 1. The molecule has 1 aromatic heterocycles. The molecule has 0 aliphatic heterocycles. The summed E-state index contributed by atoms with van der Waals surface area (Å²) in [5.74, 6) is 0. The van der Waals surface area contributed by atoms with E-state index in [4.69, 9.17) is 5.41 Å². The second kappa shape index (κ2) is 8.95. The molecule has 1 rings (SSSR count). The van der Waals surface area contributed by atoms with Gasteiger partial charge in [0, 0.05) is 18.9 Å². The smallest absolute Gasteiger partial charge is 0.0568 e. The van der Waals surface area contributed by atoms with E-state index in [0.717, 1.165) is 6.54 Å². The third-order valence-electron chi connectivity index (χ3n) is 2.41. The van der Waals surface area contributed by atoms with Gasteiger partial charge in [-0.2, -0.15) is 0 Å². The second-order valence-electron chi connectivity index (χ2n) is 3.74. The molecule has 0 radical (unpaired) electrons. The van der Waals surface area contributed by atoms with Crippen LogP contribution in [0.3, 0.4) is 0 Å². The molecular formula is C12H21IN2. The number of nitrogens with one attached hydrogen (secondary N) is 1. The zero-order valence-corrected chi connectivity index (χ0v) is 11.7. The molecule has 1 aromatic rings. The molecule has 1 heterocycles. The summed E-state index contributed by atoms with van der Waals surface area (Å²) >= 11 is 0. The van der Waals surface area contributed by atoms with Crippen molar-refractivity contribution < 1.29 is 0 Å². The van der Waals surface area contributed by atoms with Gasteiger partial charge in [-0.3, -0.25) is 0 Å². The summed E-state index contributed by atoms with van der Waals surface area (Å²) in [6.07, 6.45) is 10.6. The van der Waals surface area contributed by atoms with E-state index >= 15 is 0 Å². The molecule has 0 bridgehead atoms. The molecule has 86 valence electrons. The lowest BCUT2D eigenvalue weighted by Gasteiger charge is -2.05. The van der Waals surface area contributed by atoms with E-state index in [1.54, 1.807) is 0 Å². The molecule has 1 N–H and O–H groups in total. The largest absolute Gasteiger partial charge is 0.354 e. The number of aryl methyl sites for hydroxylation is 1. The minimum Gasteiger partial charge on any atom is -0.354 e. The monoisotopic (exact) mass is 320 g/mol. The van der Waals surface area contributed by atoms with Crippen LogP contribution >= 0.6 is 24.0 Å². The summed E-state index contributed by atoms with van der Waals surface area (Å²) in [7, 11) is 0. The van der Waals surface area contributed by atoms with Gasteiger partial charge in [0.25, 0.3) is 0 Å². The minimum absolute atomic E-state index is 0. The van der Waals surface area contributed by atoms with Crippen LogP contribution in [0.5, 0.6) is 0 Å². The normalized spacial score (nSPS) is 9.67. The van der Waals surface area contributed by atoms with Crippen LogP contribution in [-0.2, 0) is 6.54 Å². The van der Waals surface area contributed by atoms with E-state index in [1.165, 1.54) is 32.1 Å². The number of rotatable bonds is 6. The summed E-state index contributed by atoms with van der Waals surface area (Å²) in [6, 6.07) is 3.68. The van der Waals surface area contributed by atoms with Crippen molar-refractivity contribution in [1.29, 1.82) is 5.41 Å². The lowest BCUT2D eigenvalue weighted by atomic mass is 10.1. The van der Waals surface area contributed by atoms with Gasteiger partial charge in [-0.1, -0.05) is 32.6 Å². The molecule has 0 fully saturated rings. The van der Waals surface area contributed by atoms with Crippen LogP contribution in [0.1, 0.15) is 39.0 Å². The molecule has 0 saturated carbocycles. The minimum atomic E-state index is 0. The van der Waals surface area contributed by atoms with Crippen molar-refractivity contribution in [2.24, 2.45) is 0 Å². The standard InChI is InChI=1S/C12H20N2.HI/c1-2-3-4-5-6-9-14-10-7-12(13)8-11-14;/h7-8,10-11,13H,2-6,9H2,1H3;1H. The van der Waals surface area contributed by atoms with Gasteiger partial charge in [-0.15, -0.1) is 24.0 Å². The first kappa shape index (κ1) is 14.7. The van der Waals surface area contributed by atoms with Crippen molar-refractivity contribution in [2.75, 3.05) is 0 Å². The molecule has 3 heteroatoms. The van der Waals surface area contributed by atoms with Gasteiger partial charge in [0.05, 0.1) is 5.36 Å². The van der Waals surface area contributed by atoms with E-state index in [2.05, 4.69) is 11.5 Å². The van der Waals surface area contributed by atoms with Gasteiger partial charge in [0.1, 0.15) is 0 Å². The quantitative estimate of drug-likeness (QED) is 0.613. The summed E-state index contributed by atoms with van der Waals surface area (Å²) in [5.41, 5.74) is 0. The molecule has 0 spiro atoms. The third-order valence-corrected chi connectivity index (χ3v) is 2.41. The molecule has 2 nitrogen and oxygen atoms in total. The van der Waals surface area contributed by atoms with Gasteiger partial charge in [-0.25, -0.2) is 0 Å². The van der Waals surface area contributed by atoms with E-state index in [0.29, 0.717) is 5.36 Å². The number of halogens is 1. The Hall–Kier alpha value is -0.320. The topological polar surface area (TPSA) is 28.8 Å². The first-order valence-corrected chi connectivity index (χ1v) is 5.53. The molecule has 0 aromatic carbocycles. The lowest BCUT2D eigenvalue weighted by Crippen LogP contribution is -2.03. The second-order valence-corrected chi connectivity index (χ2v) is 3.74. The molecule has 15 heavy (non-hydrogen) atoms. The first-order chi connectivity index (χ1) is 6.83.